The van der Waals surface area contributed by atoms with E-state index in [-0.39, 0.29) is 0 Å². The molecule has 0 unspecified atom stereocenters. The quantitative estimate of drug-likeness (QED) is 0.682. The lowest BCUT2D eigenvalue weighted by Gasteiger charge is -1.99. The van der Waals surface area contributed by atoms with Crippen LogP contribution in [0.4, 0.5) is 0 Å². The molecule has 0 bridgehead atoms. The highest BCUT2D eigenvalue weighted by Gasteiger charge is 2.02. The van der Waals surface area contributed by atoms with Gasteiger partial charge in [0.15, 0.2) is 0 Å². The Bertz CT molecular complexity index is 232. The van der Waals surface area contributed by atoms with Gasteiger partial charge in [0.05, 0.1) is 12.3 Å². The Kier molecular flexibility index (Phi) is 2.48. The van der Waals surface area contributed by atoms with Crippen molar-refractivity contribution >= 4 is 0 Å². The number of nitrogens with two attached hydrogens (primary N) is 1. The number of aryl methyl sites for hydroxylation is 1. The molecular formula is C7H13N3O. The zero-order chi connectivity index (χ0) is 8.27. The van der Waals surface area contributed by atoms with E-state index in [2.05, 4.69) is 5.10 Å². The molecule has 0 saturated heterocycles. The molecule has 2 N–H and O–H groups in total. The zero-order valence-electron chi connectivity index (χ0n) is 6.87. The summed E-state index contributed by atoms with van der Waals surface area (Å²) in [5.74, 6) is 0.771. The highest BCUT2D eigenvalue weighted by atomic mass is 16.5. The predicted molar refractivity (Wildman–Crippen MR) is 42.3 cm³/mol. The second kappa shape index (κ2) is 3.39. The first kappa shape index (κ1) is 8.07. The minimum atomic E-state index is 0.459. The van der Waals surface area contributed by atoms with E-state index < -0.39 is 0 Å². The van der Waals surface area contributed by atoms with Gasteiger partial charge in [-0.15, -0.1) is 0 Å². The van der Waals surface area contributed by atoms with E-state index in [0.717, 1.165) is 11.6 Å². The smallest absolute Gasteiger partial charge is 0.211 e. The minimum Gasteiger partial charge on any atom is -0.478 e. The van der Waals surface area contributed by atoms with Crippen LogP contribution in [0.15, 0.2) is 6.07 Å². The standard InChI is InChI=1S/C7H13N3O/c1-3-11-7-4-6(5-8)9-10(7)2/h4H,3,5,8H2,1-2H3. The van der Waals surface area contributed by atoms with Crippen molar-refractivity contribution in [3.8, 4) is 5.88 Å². The van der Waals surface area contributed by atoms with Gasteiger partial charge in [0.2, 0.25) is 5.88 Å². The summed E-state index contributed by atoms with van der Waals surface area (Å²) in [6, 6.07) is 1.85. The highest BCUT2D eigenvalue weighted by Crippen LogP contribution is 2.10. The molecule has 1 rings (SSSR count). The molecule has 0 saturated carbocycles. The molecule has 0 aromatic carbocycles. The molecule has 0 spiro atoms. The number of hydrogen-bond donors (Lipinski definition) is 1. The van der Waals surface area contributed by atoms with Crippen LogP contribution < -0.4 is 10.5 Å². The van der Waals surface area contributed by atoms with Gasteiger partial charge >= 0.3 is 0 Å². The Hall–Kier alpha value is -1.03. The van der Waals surface area contributed by atoms with Crippen molar-refractivity contribution in [1.29, 1.82) is 0 Å². The maximum Gasteiger partial charge on any atom is 0.211 e. The van der Waals surface area contributed by atoms with E-state index in [1.807, 2.05) is 20.0 Å². The summed E-state index contributed by atoms with van der Waals surface area (Å²) >= 11 is 0. The number of hydrogen-bond acceptors (Lipinski definition) is 3. The van der Waals surface area contributed by atoms with E-state index in [0.29, 0.717) is 13.2 Å². The van der Waals surface area contributed by atoms with Crippen molar-refractivity contribution in [3.05, 3.63) is 11.8 Å². The normalized spacial score (nSPS) is 10.1. The average molecular weight is 155 g/mol. The Balaban J connectivity index is 2.79. The van der Waals surface area contributed by atoms with Crippen LogP contribution >= 0.6 is 0 Å². The third-order valence-corrected chi connectivity index (χ3v) is 1.39. The Morgan fingerprint density at radius 3 is 2.91 bits per heavy atom. The molecule has 4 nitrogen and oxygen atoms in total. The van der Waals surface area contributed by atoms with E-state index in [9.17, 15) is 0 Å². The first-order chi connectivity index (χ1) is 5.27. The summed E-state index contributed by atoms with van der Waals surface area (Å²) < 4.78 is 6.95. The van der Waals surface area contributed by atoms with Gasteiger partial charge in [-0.3, -0.25) is 0 Å². The number of ether oxygens (including phenoxy) is 1. The second-order valence-corrected chi connectivity index (χ2v) is 2.23. The van der Waals surface area contributed by atoms with Gasteiger partial charge in [0, 0.05) is 19.7 Å². The van der Waals surface area contributed by atoms with Crippen molar-refractivity contribution in [1.82, 2.24) is 9.78 Å². The van der Waals surface area contributed by atoms with Gasteiger partial charge in [0.1, 0.15) is 0 Å². The van der Waals surface area contributed by atoms with Crippen molar-refractivity contribution in [3.63, 3.8) is 0 Å². The maximum atomic E-state index is 5.40. The van der Waals surface area contributed by atoms with Crippen LogP contribution in [0.2, 0.25) is 0 Å². The summed E-state index contributed by atoms with van der Waals surface area (Å²) in [7, 11) is 1.84. The van der Waals surface area contributed by atoms with Gasteiger partial charge in [0.25, 0.3) is 0 Å². The molecule has 62 valence electrons. The van der Waals surface area contributed by atoms with Crippen molar-refractivity contribution < 1.29 is 4.74 Å². The summed E-state index contributed by atoms with van der Waals surface area (Å²) in [4.78, 5) is 0. The third kappa shape index (κ3) is 1.71. The number of aromatic nitrogens is 2. The molecule has 4 heteroatoms. The molecule has 0 atom stereocenters. The van der Waals surface area contributed by atoms with Crippen molar-refractivity contribution in [2.75, 3.05) is 6.61 Å². The van der Waals surface area contributed by atoms with Gasteiger partial charge in [-0.1, -0.05) is 0 Å². The molecule has 1 heterocycles. The molecule has 11 heavy (non-hydrogen) atoms. The van der Waals surface area contributed by atoms with Gasteiger partial charge in [-0.2, -0.15) is 5.10 Å². The molecule has 0 amide bonds. The summed E-state index contributed by atoms with van der Waals surface area (Å²) in [5, 5.41) is 4.11. The van der Waals surface area contributed by atoms with E-state index in [1.165, 1.54) is 0 Å². The minimum absolute atomic E-state index is 0.459. The lowest BCUT2D eigenvalue weighted by atomic mass is 10.4. The fraction of sp³-hybridized carbons (Fsp3) is 0.571. The fourth-order valence-electron chi connectivity index (χ4n) is 0.889. The number of nitrogens with zero attached hydrogens (tertiary/aromatic N) is 2. The van der Waals surface area contributed by atoms with Crippen molar-refractivity contribution in [2.45, 2.75) is 13.5 Å². The largest absolute Gasteiger partial charge is 0.478 e. The molecule has 0 aliphatic heterocycles. The van der Waals surface area contributed by atoms with Gasteiger partial charge in [-0.05, 0) is 6.92 Å². The van der Waals surface area contributed by atoms with Crippen LogP contribution in [0, 0.1) is 0 Å². The Morgan fingerprint density at radius 1 is 1.73 bits per heavy atom. The van der Waals surface area contributed by atoms with E-state index in [1.54, 1.807) is 4.68 Å². The predicted octanol–water partition coefficient (Wildman–Crippen LogP) is 0.277. The monoisotopic (exact) mass is 155 g/mol. The average Bonchev–Trinajstić information content (AvgIpc) is 2.33. The molecule has 0 aliphatic carbocycles. The van der Waals surface area contributed by atoms with Crippen LogP contribution in [0.3, 0.4) is 0 Å². The lowest BCUT2D eigenvalue weighted by molar-refractivity contribution is 0.309. The van der Waals surface area contributed by atoms with Crippen LogP contribution in [0.1, 0.15) is 12.6 Å². The van der Waals surface area contributed by atoms with Crippen LogP contribution in [-0.2, 0) is 13.6 Å². The van der Waals surface area contributed by atoms with E-state index >= 15 is 0 Å². The molecule has 0 aliphatic rings. The van der Waals surface area contributed by atoms with E-state index in [4.69, 9.17) is 10.5 Å². The Morgan fingerprint density at radius 2 is 2.45 bits per heavy atom. The first-order valence-electron chi connectivity index (χ1n) is 3.63. The van der Waals surface area contributed by atoms with Crippen LogP contribution in [0.25, 0.3) is 0 Å². The fourth-order valence-corrected chi connectivity index (χ4v) is 0.889. The molecule has 1 aromatic heterocycles. The molecular weight excluding hydrogens is 142 g/mol. The van der Waals surface area contributed by atoms with Gasteiger partial charge in [-0.25, -0.2) is 4.68 Å². The van der Waals surface area contributed by atoms with Crippen LogP contribution in [0.5, 0.6) is 5.88 Å². The zero-order valence-corrected chi connectivity index (χ0v) is 6.87. The SMILES string of the molecule is CCOc1cc(CN)nn1C. The summed E-state index contributed by atoms with van der Waals surface area (Å²) in [6.45, 7) is 3.06. The molecule has 0 fully saturated rings. The first-order valence-corrected chi connectivity index (χ1v) is 3.63. The van der Waals surface area contributed by atoms with Gasteiger partial charge < -0.3 is 10.5 Å². The van der Waals surface area contributed by atoms with Crippen molar-refractivity contribution in [2.24, 2.45) is 12.8 Å². The Labute approximate surface area is 66.0 Å². The topological polar surface area (TPSA) is 53.1 Å². The summed E-state index contributed by atoms with van der Waals surface area (Å²) in [5.41, 5.74) is 6.25. The van der Waals surface area contributed by atoms with Crippen LogP contribution in [-0.4, -0.2) is 16.4 Å². The molecule has 1 aromatic rings. The third-order valence-electron chi connectivity index (χ3n) is 1.39. The summed E-state index contributed by atoms with van der Waals surface area (Å²) in [6.07, 6.45) is 0. The second-order valence-electron chi connectivity index (χ2n) is 2.23. The number of rotatable bonds is 3. The molecule has 0 radical (unpaired) electrons. The lowest BCUT2D eigenvalue weighted by Crippen LogP contribution is -2.00. The highest BCUT2D eigenvalue weighted by molar-refractivity contribution is 5.15. The maximum absolute atomic E-state index is 5.40.